The molecule has 5 heteroatoms. The van der Waals surface area contributed by atoms with Crippen LogP contribution in [0.25, 0.3) is 0 Å². The summed E-state index contributed by atoms with van der Waals surface area (Å²) >= 11 is 0. The molecule has 2 aliphatic rings. The minimum Gasteiger partial charge on any atom is -0.496 e. The Morgan fingerprint density at radius 2 is 2.33 bits per heavy atom. The van der Waals surface area contributed by atoms with E-state index in [0.29, 0.717) is 25.6 Å². The first-order valence-corrected chi connectivity index (χ1v) is 8.54. The van der Waals surface area contributed by atoms with Gasteiger partial charge in [0.2, 0.25) is 0 Å². The normalized spacial score (nSPS) is 22.8. The lowest BCUT2D eigenvalue weighted by molar-refractivity contribution is 0.118. The molecule has 2 unspecified atom stereocenters. The van der Waals surface area contributed by atoms with Crippen LogP contribution in [0.4, 0.5) is 4.79 Å². The zero-order valence-corrected chi connectivity index (χ0v) is 14.5. The predicted molar refractivity (Wildman–Crippen MR) is 93.2 cm³/mol. The fraction of sp³-hybridized carbons (Fsp3) is 0.526. The molecule has 24 heavy (non-hydrogen) atoms. The van der Waals surface area contributed by atoms with Gasteiger partial charge < -0.3 is 19.7 Å². The van der Waals surface area contributed by atoms with Crippen LogP contribution in [-0.4, -0.2) is 43.8 Å². The summed E-state index contributed by atoms with van der Waals surface area (Å²) in [6, 6.07) is 6.02. The molecule has 0 bridgehead atoms. The smallest absolute Gasteiger partial charge is 0.317 e. The molecule has 1 fully saturated rings. The molecular weight excluding hydrogens is 304 g/mol. The number of nitrogens with one attached hydrogen (secondary N) is 1. The number of urea groups is 1. The molecule has 0 aliphatic carbocycles. The predicted octanol–water partition coefficient (Wildman–Crippen LogP) is 2.74. The quantitative estimate of drug-likeness (QED) is 0.864. The number of amides is 2. The van der Waals surface area contributed by atoms with Gasteiger partial charge in [0.05, 0.1) is 13.2 Å². The summed E-state index contributed by atoms with van der Waals surface area (Å²) in [5.74, 6) is 1.24. The largest absolute Gasteiger partial charge is 0.496 e. The van der Waals surface area contributed by atoms with Gasteiger partial charge in [-0.25, -0.2) is 4.79 Å². The van der Waals surface area contributed by atoms with E-state index in [1.807, 2.05) is 24.0 Å². The highest BCUT2D eigenvalue weighted by Crippen LogP contribution is 2.28. The summed E-state index contributed by atoms with van der Waals surface area (Å²) in [5.41, 5.74) is 3.42. The second-order valence-electron chi connectivity index (χ2n) is 6.64. The van der Waals surface area contributed by atoms with Gasteiger partial charge in [0, 0.05) is 37.7 Å². The van der Waals surface area contributed by atoms with Gasteiger partial charge in [0.25, 0.3) is 0 Å². The number of hydrogen-bond donors (Lipinski definition) is 1. The van der Waals surface area contributed by atoms with Crippen molar-refractivity contribution >= 4 is 6.03 Å². The van der Waals surface area contributed by atoms with Crippen molar-refractivity contribution in [2.24, 2.45) is 5.92 Å². The average Bonchev–Trinajstić information content (AvgIpc) is 3.07. The van der Waals surface area contributed by atoms with Gasteiger partial charge in [-0.2, -0.15) is 0 Å². The maximum Gasteiger partial charge on any atom is 0.317 e. The average molecular weight is 330 g/mol. The molecule has 3 rings (SSSR count). The van der Waals surface area contributed by atoms with Crippen LogP contribution < -0.4 is 10.1 Å². The summed E-state index contributed by atoms with van der Waals surface area (Å²) in [6.07, 6.45) is 1.86. The highest BCUT2D eigenvalue weighted by molar-refractivity contribution is 5.74. The van der Waals surface area contributed by atoms with Crippen molar-refractivity contribution < 1.29 is 14.3 Å². The first-order valence-electron chi connectivity index (χ1n) is 8.54. The minimum absolute atomic E-state index is 0.00386. The van der Waals surface area contributed by atoms with E-state index in [9.17, 15) is 4.79 Å². The highest BCUT2D eigenvalue weighted by Gasteiger charge is 2.30. The van der Waals surface area contributed by atoms with Crippen LogP contribution in [-0.2, 0) is 17.7 Å². The fourth-order valence-electron chi connectivity index (χ4n) is 3.66. The minimum atomic E-state index is -0.00386. The van der Waals surface area contributed by atoms with E-state index >= 15 is 0 Å². The van der Waals surface area contributed by atoms with Crippen molar-refractivity contribution in [3.63, 3.8) is 0 Å². The number of hydrogen-bond acceptors (Lipinski definition) is 3. The third kappa shape index (κ3) is 3.41. The molecule has 0 radical (unpaired) electrons. The Balaban J connectivity index is 1.58. The molecule has 2 atom stereocenters. The number of benzene rings is 1. The molecule has 2 amide bonds. The van der Waals surface area contributed by atoms with Gasteiger partial charge in [-0.15, -0.1) is 0 Å². The zero-order valence-electron chi connectivity index (χ0n) is 14.5. The molecule has 0 spiro atoms. The van der Waals surface area contributed by atoms with E-state index < -0.39 is 0 Å². The van der Waals surface area contributed by atoms with Gasteiger partial charge in [-0.1, -0.05) is 24.3 Å². The van der Waals surface area contributed by atoms with Gasteiger partial charge in [-0.05, 0) is 31.4 Å². The molecule has 130 valence electrons. The Morgan fingerprint density at radius 1 is 1.50 bits per heavy atom. The second kappa shape index (κ2) is 7.26. The van der Waals surface area contributed by atoms with E-state index in [1.54, 1.807) is 7.11 Å². The second-order valence-corrected chi connectivity index (χ2v) is 6.64. The monoisotopic (exact) mass is 330 g/mol. The van der Waals surface area contributed by atoms with Gasteiger partial charge >= 0.3 is 6.03 Å². The Bertz CT molecular complexity index is 629. The third-order valence-corrected chi connectivity index (χ3v) is 4.95. The molecule has 1 aromatic rings. The SMILES string of the molecule is C=C(C)C1OCCC1CNC(=O)N1CCc2c(cccc2OC)C1. The lowest BCUT2D eigenvalue weighted by atomic mass is 9.97. The Hall–Kier alpha value is -2.01. The van der Waals surface area contributed by atoms with Crippen LogP contribution in [0, 0.1) is 5.92 Å². The van der Waals surface area contributed by atoms with Crippen LogP contribution in [0.15, 0.2) is 30.4 Å². The van der Waals surface area contributed by atoms with E-state index in [0.717, 1.165) is 30.8 Å². The maximum absolute atomic E-state index is 12.5. The van der Waals surface area contributed by atoms with Crippen LogP contribution >= 0.6 is 0 Å². The van der Waals surface area contributed by atoms with E-state index in [4.69, 9.17) is 9.47 Å². The van der Waals surface area contributed by atoms with E-state index in [2.05, 4.69) is 18.0 Å². The third-order valence-electron chi connectivity index (χ3n) is 4.95. The number of carbonyl (C=O) groups excluding carboxylic acids is 1. The van der Waals surface area contributed by atoms with Crippen LogP contribution in [0.5, 0.6) is 5.75 Å². The summed E-state index contributed by atoms with van der Waals surface area (Å²) in [7, 11) is 1.69. The summed E-state index contributed by atoms with van der Waals surface area (Å²) < 4.78 is 11.1. The first kappa shape index (κ1) is 16.8. The number of methoxy groups -OCH3 is 1. The molecule has 2 aliphatic heterocycles. The summed E-state index contributed by atoms with van der Waals surface area (Å²) in [5, 5.41) is 3.07. The van der Waals surface area contributed by atoms with E-state index in [1.165, 1.54) is 11.1 Å². The number of nitrogens with zero attached hydrogens (tertiary/aromatic N) is 1. The molecule has 0 aromatic heterocycles. The lowest BCUT2D eigenvalue weighted by Crippen LogP contribution is -2.45. The molecule has 0 saturated carbocycles. The van der Waals surface area contributed by atoms with Crippen molar-refractivity contribution in [2.75, 3.05) is 26.8 Å². The maximum atomic E-state index is 12.5. The summed E-state index contributed by atoms with van der Waals surface area (Å²) in [6.45, 7) is 8.69. The zero-order chi connectivity index (χ0) is 17.1. The Kier molecular flexibility index (Phi) is 5.09. The molecular formula is C19H26N2O3. The topological polar surface area (TPSA) is 50.8 Å². The highest BCUT2D eigenvalue weighted by atomic mass is 16.5. The lowest BCUT2D eigenvalue weighted by Gasteiger charge is -2.30. The number of fused-ring (bicyclic) bond motifs is 1. The van der Waals surface area contributed by atoms with Gasteiger partial charge in [0.15, 0.2) is 0 Å². The molecule has 5 nitrogen and oxygen atoms in total. The van der Waals surface area contributed by atoms with Crippen molar-refractivity contribution in [2.45, 2.75) is 32.4 Å². The number of carbonyl (C=O) groups is 1. The Morgan fingerprint density at radius 3 is 3.08 bits per heavy atom. The van der Waals surface area contributed by atoms with Crippen LogP contribution in [0.1, 0.15) is 24.5 Å². The van der Waals surface area contributed by atoms with Crippen LogP contribution in [0.2, 0.25) is 0 Å². The fourth-order valence-corrected chi connectivity index (χ4v) is 3.66. The molecule has 1 N–H and O–H groups in total. The first-order chi connectivity index (χ1) is 11.6. The summed E-state index contributed by atoms with van der Waals surface area (Å²) in [4.78, 5) is 14.4. The van der Waals surface area contributed by atoms with Crippen molar-refractivity contribution in [1.29, 1.82) is 0 Å². The number of rotatable bonds is 4. The number of ether oxygens (including phenoxy) is 2. The Labute approximate surface area is 143 Å². The molecule has 1 saturated heterocycles. The standard InChI is InChI=1S/C19H26N2O3/c1-13(2)18-14(8-10-24-18)11-20-19(22)21-9-7-16-15(12-21)5-4-6-17(16)23-3/h4-6,14,18H,1,7-12H2,2-3H3,(H,20,22). The van der Waals surface area contributed by atoms with Crippen molar-refractivity contribution in [3.8, 4) is 5.75 Å². The van der Waals surface area contributed by atoms with Crippen molar-refractivity contribution in [1.82, 2.24) is 10.2 Å². The van der Waals surface area contributed by atoms with Gasteiger partial charge in [0.1, 0.15) is 5.75 Å². The molecule has 2 heterocycles. The molecule has 1 aromatic carbocycles. The van der Waals surface area contributed by atoms with Gasteiger partial charge in [-0.3, -0.25) is 0 Å². The van der Waals surface area contributed by atoms with Crippen LogP contribution in [0.3, 0.4) is 0 Å². The van der Waals surface area contributed by atoms with Crippen molar-refractivity contribution in [3.05, 3.63) is 41.5 Å². The van der Waals surface area contributed by atoms with E-state index in [-0.39, 0.29) is 12.1 Å².